The van der Waals surface area contributed by atoms with Gasteiger partial charge < -0.3 is 20.1 Å². The average molecular weight is 607 g/mol. The Morgan fingerprint density at radius 1 is 0.867 bits per heavy atom. The molecule has 1 amide bonds. The third kappa shape index (κ3) is 8.91. The summed E-state index contributed by atoms with van der Waals surface area (Å²) >= 11 is 0. The van der Waals surface area contributed by atoms with E-state index in [-0.39, 0.29) is 6.42 Å². The number of hydrogen-bond acceptors (Lipinski definition) is 6. The number of aromatic nitrogens is 2. The van der Waals surface area contributed by atoms with Crippen molar-refractivity contribution >= 4 is 17.6 Å². The van der Waals surface area contributed by atoms with E-state index in [9.17, 15) is 14.7 Å². The predicted molar refractivity (Wildman–Crippen MR) is 178 cm³/mol. The van der Waals surface area contributed by atoms with E-state index < -0.39 is 17.9 Å². The van der Waals surface area contributed by atoms with Gasteiger partial charge in [0.05, 0.1) is 6.61 Å². The quantitative estimate of drug-likeness (QED) is 0.138. The van der Waals surface area contributed by atoms with Crippen LogP contribution in [0.2, 0.25) is 0 Å². The highest BCUT2D eigenvalue weighted by Crippen LogP contribution is 2.24. The van der Waals surface area contributed by atoms with E-state index in [0.29, 0.717) is 11.4 Å². The number of carbonyl (C=O) groups excluding carboxylic acids is 1. The summed E-state index contributed by atoms with van der Waals surface area (Å²) < 4.78 is 5.88. The summed E-state index contributed by atoms with van der Waals surface area (Å²) in [6.07, 6.45) is 12.1. The zero-order valence-electron chi connectivity index (χ0n) is 26.0. The first-order valence-corrected chi connectivity index (χ1v) is 16.0. The first-order chi connectivity index (χ1) is 22.0. The number of ether oxygens (including phenoxy) is 1. The fourth-order valence-electron chi connectivity index (χ4n) is 5.55. The third-order valence-electron chi connectivity index (χ3n) is 8.19. The Bertz CT molecular complexity index is 1530. The molecule has 45 heavy (non-hydrogen) atoms. The second kappa shape index (κ2) is 15.8. The summed E-state index contributed by atoms with van der Waals surface area (Å²) in [7, 11) is 0. The highest BCUT2D eigenvalue weighted by atomic mass is 16.5. The second-order valence-corrected chi connectivity index (χ2v) is 11.6. The van der Waals surface area contributed by atoms with Crippen molar-refractivity contribution in [2.45, 2.75) is 64.3 Å². The van der Waals surface area contributed by atoms with Gasteiger partial charge in [0.1, 0.15) is 11.8 Å². The molecule has 0 bridgehead atoms. The lowest BCUT2D eigenvalue weighted by Gasteiger charge is -2.19. The van der Waals surface area contributed by atoms with Gasteiger partial charge >= 0.3 is 5.97 Å². The molecule has 1 aliphatic rings. The highest BCUT2D eigenvalue weighted by Gasteiger charge is 2.22. The Labute approximate surface area is 265 Å². The molecule has 1 unspecified atom stereocenters. The van der Waals surface area contributed by atoms with Crippen LogP contribution < -0.4 is 15.0 Å². The van der Waals surface area contributed by atoms with Crippen molar-refractivity contribution in [3.63, 3.8) is 0 Å². The molecule has 0 aliphatic carbocycles. The third-order valence-corrected chi connectivity index (χ3v) is 8.19. The fraction of sp³-hybridized carbons (Fsp3) is 0.351. The molecule has 8 heteroatoms. The molecule has 0 radical (unpaired) electrons. The van der Waals surface area contributed by atoms with E-state index in [2.05, 4.69) is 27.1 Å². The van der Waals surface area contributed by atoms with E-state index in [1.54, 1.807) is 18.5 Å². The number of hydrogen-bond donors (Lipinski definition) is 2. The maximum atomic E-state index is 13.0. The molecular weight excluding hydrogens is 564 g/mol. The maximum Gasteiger partial charge on any atom is 0.326 e. The number of carbonyl (C=O) groups is 2. The van der Waals surface area contributed by atoms with E-state index in [1.807, 2.05) is 66.7 Å². The summed E-state index contributed by atoms with van der Waals surface area (Å²) in [6, 6.07) is 21.8. The predicted octanol–water partition coefficient (Wildman–Crippen LogP) is 7.19. The number of nitrogens with zero attached hydrogens (tertiary/aromatic N) is 3. The number of nitrogens with one attached hydrogen (secondary N) is 1. The zero-order chi connectivity index (χ0) is 31.4. The Balaban J connectivity index is 1.15. The van der Waals surface area contributed by atoms with Gasteiger partial charge in [-0.1, -0.05) is 75.1 Å². The number of benzene rings is 3. The van der Waals surface area contributed by atoms with Crippen molar-refractivity contribution in [2.24, 2.45) is 0 Å². The van der Waals surface area contributed by atoms with Crippen molar-refractivity contribution in [3.05, 3.63) is 96.3 Å². The largest absolute Gasteiger partial charge is 0.494 e. The van der Waals surface area contributed by atoms with Gasteiger partial charge in [0, 0.05) is 54.3 Å². The standard InChI is InChI=1S/C37H42N4O4/c1-2-3-4-5-8-22-45-33-18-16-28(17-19-33)31-25-38-35(39-26-31)29-14-12-27(13-15-29)23-34(37(43)44)40-36(42)30-10-9-11-32(24-30)41-20-6-7-21-41/h9-19,24-26,34H,2-8,20-23H2,1H3,(H,40,42)(H,43,44). The molecule has 8 nitrogen and oxygen atoms in total. The second-order valence-electron chi connectivity index (χ2n) is 11.6. The van der Waals surface area contributed by atoms with Gasteiger partial charge in [0.2, 0.25) is 0 Å². The lowest BCUT2D eigenvalue weighted by atomic mass is 10.0. The van der Waals surface area contributed by atoms with Crippen LogP contribution in [0, 0.1) is 0 Å². The monoisotopic (exact) mass is 606 g/mol. The molecule has 1 aliphatic heterocycles. The minimum atomic E-state index is -1.08. The van der Waals surface area contributed by atoms with Crippen molar-refractivity contribution in [2.75, 3.05) is 24.6 Å². The van der Waals surface area contributed by atoms with Crippen molar-refractivity contribution in [1.82, 2.24) is 15.3 Å². The van der Waals surface area contributed by atoms with Gasteiger partial charge in [-0.3, -0.25) is 4.79 Å². The van der Waals surface area contributed by atoms with Crippen LogP contribution in [0.5, 0.6) is 5.75 Å². The van der Waals surface area contributed by atoms with Gasteiger partial charge in [-0.05, 0) is 60.7 Å². The number of carboxylic acids is 1. The van der Waals surface area contributed by atoms with Crippen LogP contribution in [0.3, 0.4) is 0 Å². The Kier molecular flexibility index (Phi) is 11.2. The molecular formula is C37H42N4O4. The van der Waals surface area contributed by atoms with Gasteiger partial charge in [-0.25, -0.2) is 14.8 Å². The van der Waals surface area contributed by atoms with Crippen LogP contribution in [-0.2, 0) is 11.2 Å². The number of anilines is 1. The molecule has 0 spiro atoms. The normalized spacial score (nSPS) is 13.4. The minimum absolute atomic E-state index is 0.158. The molecule has 3 aromatic carbocycles. The van der Waals surface area contributed by atoms with Crippen LogP contribution in [0.15, 0.2) is 85.2 Å². The van der Waals surface area contributed by atoms with Crippen molar-refractivity contribution < 1.29 is 19.4 Å². The van der Waals surface area contributed by atoms with E-state index >= 15 is 0 Å². The molecule has 234 valence electrons. The summed E-state index contributed by atoms with van der Waals surface area (Å²) in [4.78, 5) is 36.4. The Hall–Kier alpha value is -4.72. The first kappa shape index (κ1) is 31.7. The first-order valence-electron chi connectivity index (χ1n) is 16.0. The molecule has 1 aromatic heterocycles. The minimum Gasteiger partial charge on any atom is -0.494 e. The SMILES string of the molecule is CCCCCCCOc1ccc(-c2cnc(-c3ccc(CC(NC(=O)c4cccc(N5CCCC5)c4)C(=O)O)cc3)nc2)cc1. The summed E-state index contributed by atoms with van der Waals surface area (Å²) in [6.45, 7) is 4.89. The number of unbranched alkanes of at least 4 members (excludes halogenated alkanes) is 4. The Morgan fingerprint density at radius 3 is 2.24 bits per heavy atom. The lowest BCUT2D eigenvalue weighted by Crippen LogP contribution is -2.42. The number of carboxylic acid groups (broad SMARTS) is 1. The summed E-state index contributed by atoms with van der Waals surface area (Å²) in [5, 5.41) is 12.5. The summed E-state index contributed by atoms with van der Waals surface area (Å²) in [5.74, 6) is -0.0322. The smallest absolute Gasteiger partial charge is 0.326 e. The number of rotatable bonds is 15. The molecule has 1 saturated heterocycles. The van der Waals surface area contributed by atoms with Crippen LogP contribution in [0.25, 0.3) is 22.5 Å². The van der Waals surface area contributed by atoms with Gasteiger partial charge in [0.25, 0.3) is 5.91 Å². The zero-order valence-corrected chi connectivity index (χ0v) is 26.0. The number of aliphatic carboxylic acids is 1. The van der Waals surface area contributed by atoms with Crippen molar-refractivity contribution in [3.8, 4) is 28.3 Å². The maximum absolute atomic E-state index is 13.0. The fourth-order valence-corrected chi connectivity index (χ4v) is 5.55. The van der Waals surface area contributed by atoms with Gasteiger partial charge in [0.15, 0.2) is 5.82 Å². The molecule has 5 rings (SSSR count). The molecule has 2 heterocycles. The molecule has 4 aromatic rings. The van der Waals surface area contributed by atoms with Crippen LogP contribution in [0.1, 0.15) is 67.8 Å². The topological polar surface area (TPSA) is 105 Å². The molecule has 1 fully saturated rings. The van der Waals surface area contributed by atoms with E-state index in [1.165, 1.54) is 25.7 Å². The molecule has 1 atom stereocenters. The Morgan fingerprint density at radius 2 is 1.56 bits per heavy atom. The van der Waals surface area contributed by atoms with Crippen LogP contribution in [0.4, 0.5) is 5.69 Å². The average Bonchev–Trinajstić information content (AvgIpc) is 3.62. The van der Waals surface area contributed by atoms with Gasteiger partial charge in [-0.2, -0.15) is 0 Å². The molecule has 2 N–H and O–H groups in total. The van der Waals surface area contributed by atoms with Crippen molar-refractivity contribution in [1.29, 1.82) is 0 Å². The van der Waals surface area contributed by atoms with E-state index in [4.69, 9.17) is 4.74 Å². The summed E-state index contributed by atoms with van der Waals surface area (Å²) in [5.41, 5.74) is 4.98. The lowest BCUT2D eigenvalue weighted by molar-refractivity contribution is -0.139. The van der Waals surface area contributed by atoms with Gasteiger partial charge in [-0.15, -0.1) is 0 Å². The van der Waals surface area contributed by atoms with Crippen LogP contribution in [-0.4, -0.2) is 52.7 Å². The van der Waals surface area contributed by atoms with E-state index in [0.717, 1.165) is 72.6 Å². The molecule has 0 saturated carbocycles. The van der Waals surface area contributed by atoms with Crippen LogP contribution >= 0.6 is 0 Å². The highest BCUT2D eigenvalue weighted by molar-refractivity contribution is 5.97. The number of amides is 1.